The molecular weight excluding hydrogens is 276 g/mol. The van der Waals surface area contributed by atoms with Crippen LogP contribution in [0, 0.1) is 5.92 Å². The van der Waals surface area contributed by atoms with E-state index in [9.17, 15) is 9.90 Å². The summed E-state index contributed by atoms with van der Waals surface area (Å²) in [6.45, 7) is 3.54. The number of carbonyl (C=O) groups excluding carboxylic acids is 1. The van der Waals surface area contributed by atoms with Crippen molar-refractivity contribution in [2.75, 3.05) is 26.2 Å². The lowest BCUT2D eigenvalue weighted by atomic mass is 10.1. The van der Waals surface area contributed by atoms with Gasteiger partial charge < -0.3 is 10.0 Å². The number of benzene rings is 1. The molecule has 0 bridgehead atoms. The molecule has 1 heterocycles. The van der Waals surface area contributed by atoms with E-state index in [4.69, 9.17) is 0 Å². The fourth-order valence-electron chi connectivity index (χ4n) is 3.67. The molecule has 2 fully saturated rings. The van der Waals surface area contributed by atoms with Gasteiger partial charge in [0.2, 0.25) is 5.91 Å². The number of amides is 1. The zero-order chi connectivity index (χ0) is 15.4. The third-order valence-electron chi connectivity index (χ3n) is 4.85. The highest BCUT2D eigenvalue weighted by Gasteiger charge is 2.30. The number of nitrogens with zero attached hydrogens (tertiary/aromatic N) is 2. The van der Waals surface area contributed by atoms with Crippen LogP contribution in [-0.4, -0.2) is 53.1 Å². The second-order valence-corrected chi connectivity index (χ2v) is 6.64. The number of rotatable bonds is 3. The maximum absolute atomic E-state index is 12.6. The van der Waals surface area contributed by atoms with Gasteiger partial charge in [-0.1, -0.05) is 43.2 Å². The van der Waals surface area contributed by atoms with Gasteiger partial charge in [0.25, 0.3) is 0 Å². The Morgan fingerprint density at radius 1 is 1.09 bits per heavy atom. The number of hydrogen-bond acceptors (Lipinski definition) is 3. The molecule has 4 heteroatoms. The van der Waals surface area contributed by atoms with Crippen LogP contribution in [0.25, 0.3) is 0 Å². The van der Waals surface area contributed by atoms with Gasteiger partial charge in [0.1, 0.15) is 0 Å². The van der Waals surface area contributed by atoms with E-state index in [2.05, 4.69) is 17.0 Å². The Kier molecular flexibility index (Phi) is 5.11. The predicted molar refractivity (Wildman–Crippen MR) is 86.3 cm³/mol. The van der Waals surface area contributed by atoms with Gasteiger partial charge in [-0.15, -0.1) is 0 Å². The smallest absolute Gasteiger partial charge is 0.225 e. The molecule has 4 nitrogen and oxygen atoms in total. The van der Waals surface area contributed by atoms with Crippen LogP contribution in [-0.2, 0) is 11.3 Å². The lowest BCUT2D eigenvalue weighted by molar-refractivity contribution is -0.136. The number of carbonyl (C=O) groups is 1. The number of aliphatic hydroxyl groups is 1. The van der Waals surface area contributed by atoms with Crippen molar-refractivity contribution in [2.45, 2.75) is 38.3 Å². The first kappa shape index (κ1) is 15.5. The summed E-state index contributed by atoms with van der Waals surface area (Å²) in [6, 6.07) is 10.3. The molecule has 0 spiro atoms. The lowest BCUT2D eigenvalue weighted by Crippen LogP contribution is -2.40. The van der Waals surface area contributed by atoms with Crippen molar-refractivity contribution >= 4 is 5.91 Å². The molecule has 1 saturated heterocycles. The van der Waals surface area contributed by atoms with Crippen LogP contribution in [0.4, 0.5) is 0 Å². The molecular formula is C18H26N2O2. The maximum atomic E-state index is 12.6. The summed E-state index contributed by atoms with van der Waals surface area (Å²) in [4.78, 5) is 16.7. The minimum atomic E-state index is -0.448. The average Bonchev–Trinajstić information content (AvgIpc) is 2.99. The van der Waals surface area contributed by atoms with Crippen molar-refractivity contribution in [1.29, 1.82) is 0 Å². The van der Waals surface area contributed by atoms with E-state index in [1.165, 1.54) is 18.4 Å². The molecule has 1 aliphatic heterocycles. The molecule has 1 aliphatic carbocycles. The Morgan fingerprint density at radius 2 is 1.82 bits per heavy atom. The number of aliphatic hydroxyl groups excluding tert-OH is 1. The highest BCUT2D eigenvalue weighted by Crippen LogP contribution is 2.27. The van der Waals surface area contributed by atoms with Gasteiger partial charge in [0, 0.05) is 38.6 Å². The van der Waals surface area contributed by atoms with Crippen molar-refractivity contribution in [3.05, 3.63) is 35.9 Å². The molecule has 0 aromatic heterocycles. The van der Waals surface area contributed by atoms with Crippen molar-refractivity contribution in [3.8, 4) is 0 Å². The third kappa shape index (κ3) is 3.87. The van der Waals surface area contributed by atoms with E-state index in [1.807, 2.05) is 23.1 Å². The number of β-amino-alcohol motifs (C(OH)–C–C–N with tert-alkyl or cyclic N) is 1. The first-order valence-electron chi connectivity index (χ1n) is 8.45. The topological polar surface area (TPSA) is 43.8 Å². The van der Waals surface area contributed by atoms with Crippen molar-refractivity contribution < 1.29 is 9.90 Å². The van der Waals surface area contributed by atoms with E-state index >= 15 is 0 Å². The van der Waals surface area contributed by atoms with Crippen LogP contribution >= 0.6 is 0 Å². The van der Waals surface area contributed by atoms with Gasteiger partial charge in [0.15, 0.2) is 0 Å². The lowest BCUT2D eigenvalue weighted by Gasteiger charge is -2.25. The molecule has 1 N–H and O–H groups in total. The molecule has 1 aromatic rings. The van der Waals surface area contributed by atoms with E-state index in [0.717, 1.165) is 32.5 Å². The third-order valence-corrected chi connectivity index (χ3v) is 4.85. The molecule has 22 heavy (non-hydrogen) atoms. The van der Waals surface area contributed by atoms with E-state index in [-0.39, 0.29) is 11.8 Å². The summed E-state index contributed by atoms with van der Waals surface area (Å²) < 4.78 is 0. The van der Waals surface area contributed by atoms with Gasteiger partial charge >= 0.3 is 0 Å². The SMILES string of the molecule is O=C(C1CCCC1)N1CCN(Cc2ccccc2)CC(O)C1. The Bertz CT molecular complexity index is 485. The van der Waals surface area contributed by atoms with Crippen LogP contribution in [0.2, 0.25) is 0 Å². The highest BCUT2D eigenvalue weighted by atomic mass is 16.3. The van der Waals surface area contributed by atoms with Crippen molar-refractivity contribution in [2.24, 2.45) is 5.92 Å². The van der Waals surface area contributed by atoms with Gasteiger partial charge in [-0.25, -0.2) is 0 Å². The highest BCUT2D eigenvalue weighted by molar-refractivity contribution is 5.79. The summed E-state index contributed by atoms with van der Waals surface area (Å²) in [5, 5.41) is 10.3. The second kappa shape index (κ2) is 7.25. The minimum absolute atomic E-state index is 0.202. The Hall–Kier alpha value is -1.39. The average molecular weight is 302 g/mol. The normalized spacial score (nSPS) is 24.4. The summed E-state index contributed by atoms with van der Waals surface area (Å²) in [6.07, 6.45) is 3.95. The van der Waals surface area contributed by atoms with Crippen LogP contribution in [0.5, 0.6) is 0 Å². The maximum Gasteiger partial charge on any atom is 0.225 e. The van der Waals surface area contributed by atoms with E-state index in [1.54, 1.807) is 0 Å². The molecule has 1 unspecified atom stereocenters. The van der Waals surface area contributed by atoms with Gasteiger partial charge in [-0.3, -0.25) is 9.69 Å². The van der Waals surface area contributed by atoms with E-state index in [0.29, 0.717) is 13.1 Å². The Balaban J connectivity index is 1.59. The fourth-order valence-corrected chi connectivity index (χ4v) is 3.67. The first-order valence-corrected chi connectivity index (χ1v) is 8.45. The minimum Gasteiger partial charge on any atom is -0.390 e. The van der Waals surface area contributed by atoms with Crippen LogP contribution in [0.1, 0.15) is 31.2 Å². The molecule has 3 rings (SSSR count). The summed E-state index contributed by atoms with van der Waals surface area (Å²) >= 11 is 0. The van der Waals surface area contributed by atoms with Crippen molar-refractivity contribution in [3.63, 3.8) is 0 Å². The largest absolute Gasteiger partial charge is 0.390 e. The standard InChI is InChI=1S/C18H26N2O2/c21-17-13-19(12-15-6-2-1-3-7-15)10-11-20(14-17)18(22)16-8-4-5-9-16/h1-3,6-7,16-17,21H,4-5,8-14H2. The second-order valence-electron chi connectivity index (χ2n) is 6.64. The Labute approximate surface area is 132 Å². The van der Waals surface area contributed by atoms with Crippen molar-refractivity contribution in [1.82, 2.24) is 9.80 Å². The predicted octanol–water partition coefficient (Wildman–Crippen LogP) is 1.88. The molecule has 1 atom stereocenters. The molecule has 1 aromatic carbocycles. The van der Waals surface area contributed by atoms with Crippen LogP contribution < -0.4 is 0 Å². The molecule has 1 saturated carbocycles. The zero-order valence-electron chi connectivity index (χ0n) is 13.2. The molecule has 120 valence electrons. The zero-order valence-corrected chi connectivity index (χ0v) is 13.2. The van der Waals surface area contributed by atoms with Crippen LogP contribution in [0.3, 0.4) is 0 Å². The molecule has 1 amide bonds. The van der Waals surface area contributed by atoms with Gasteiger partial charge in [-0.05, 0) is 18.4 Å². The van der Waals surface area contributed by atoms with Crippen LogP contribution in [0.15, 0.2) is 30.3 Å². The summed E-state index contributed by atoms with van der Waals surface area (Å²) in [5.41, 5.74) is 1.25. The van der Waals surface area contributed by atoms with Gasteiger partial charge in [0.05, 0.1) is 6.10 Å². The quantitative estimate of drug-likeness (QED) is 0.927. The van der Waals surface area contributed by atoms with E-state index < -0.39 is 6.10 Å². The molecule has 2 aliphatic rings. The summed E-state index contributed by atoms with van der Waals surface area (Å²) in [7, 11) is 0. The Morgan fingerprint density at radius 3 is 2.55 bits per heavy atom. The first-order chi connectivity index (χ1) is 10.7. The molecule has 0 radical (unpaired) electrons. The van der Waals surface area contributed by atoms with Gasteiger partial charge in [-0.2, -0.15) is 0 Å². The monoisotopic (exact) mass is 302 g/mol. The number of hydrogen-bond donors (Lipinski definition) is 1. The summed E-state index contributed by atoms with van der Waals surface area (Å²) in [5.74, 6) is 0.464. The fraction of sp³-hybridized carbons (Fsp3) is 0.611.